The van der Waals surface area contributed by atoms with Gasteiger partial charge in [0.05, 0.1) is 0 Å². The summed E-state index contributed by atoms with van der Waals surface area (Å²) in [4.78, 5) is 2.35. The van der Waals surface area contributed by atoms with E-state index in [1.807, 2.05) is 13.0 Å². The van der Waals surface area contributed by atoms with Crippen LogP contribution in [0.3, 0.4) is 0 Å². The summed E-state index contributed by atoms with van der Waals surface area (Å²) in [7, 11) is 0. The Hall–Kier alpha value is -1.32. The molecule has 0 fully saturated rings. The Kier molecular flexibility index (Phi) is 5.21. The van der Waals surface area contributed by atoms with E-state index in [0.717, 1.165) is 23.1 Å². The van der Waals surface area contributed by atoms with Gasteiger partial charge in [0.2, 0.25) is 0 Å². The van der Waals surface area contributed by atoms with Gasteiger partial charge in [-0.2, -0.15) is 0 Å². The van der Waals surface area contributed by atoms with Gasteiger partial charge in [-0.1, -0.05) is 52.3 Å². The third kappa shape index (κ3) is 3.62. The van der Waals surface area contributed by atoms with E-state index in [-0.39, 0.29) is 6.04 Å². The smallest absolute Gasteiger partial charge is 0.0429 e. The summed E-state index contributed by atoms with van der Waals surface area (Å²) < 4.78 is 1.08. The van der Waals surface area contributed by atoms with E-state index in [2.05, 4.69) is 70.2 Å². The Morgan fingerprint density at radius 3 is 2.40 bits per heavy atom. The number of rotatable bonds is 5. The van der Waals surface area contributed by atoms with Gasteiger partial charge in [-0.25, -0.2) is 0 Å². The van der Waals surface area contributed by atoms with Crippen LogP contribution >= 0.6 is 15.9 Å². The van der Waals surface area contributed by atoms with Gasteiger partial charge in [0.1, 0.15) is 0 Å². The molecular formula is C17H21BrN2. The second kappa shape index (κ2) is 6.91. The highest BCUT2D eigenvalue weighted by molar-refractivity contribution is 9.10. The van der Waals surface area contributed by atoms with Crippen molar-refractivity contribution in [1.82, 2.24) is 0 Å². The molecule has 0 saturated heterocycles. The van der Waals surface area contributed by atoms with E-state index in [1.54, 1.807) is 0 Å². The van der Waals surface area contributed by atoms with E-state index >= 15 is 0 Å². The third-order valence-corrected chi connectivity index (χ3v) is 4.12. The van der Waals surface area contributed by atoms with Crippen molar-refractivity contribution in [2.24, 2.45) is 5.73 Å². The van der Waals surface area contributed by atoms with Crippen LogP contribution in [0.5, 0.6) is 0 Å². The standard InChI is InChI=1S/C17H21BrN2/c1-3-20(12-14-7-5-4-6-8-14)15-9-10-16(13(2)19)17(18)11-15/h4-11,13H,3,12,19H2,1-2H3/t13-/m0/s1. The molecule has 0 aliphatic carbocycles. The summed E-state index contributed by atoms with van der Waals surface area (Å²) in [5.41, 5.74) is 9.63. The van der Waals surface area contributed by atoms with E-state index in [9.17, 15) is 0 Å². The van der Waals surface area contributed by atoms with Crippen LogP contribution in [0, 0.1) is 0 Å². The molecule has 0 radical (unpaired) electrons. The zero-order valence-electron chi connectivity index (χ0n) is 12.0. The van der Waals surface area contributed by atoms with E-state index in [1.165, 1.54) is 11.3 Å². The maximum Gasteiger partial charge on any atom is 0.0429 e. The van der Waals surface area contributed by atoms with Crippen molar-refractivity contribution in [2.75, 3.05) is 11.4 Å². The van der Waals surface area contributed by atoms with Crippen LogP contribution in [0.4, 0.5) is 5.69 Å². The predicted octanol–water partition coefficient (Wildman–Crippen LogP) is 4.50. The maximum absolute atomic E-state index is 5.95. The van der Waals surface area contributed by atoms with Crippen LogP contribution in [-0.2, 0) is 6.54 Å². The second-order valence-corrected chi connectivity index (χ2v) is 5.85. The molecule has 2 aromatic carbocycles. The molecule has 2 aromatic rings. The average Bonchev–Trinajstić information content (AvgIpc) is 2.45. The highest BCUT2D eigenvalue weighted by Gasteiger charge is 2.10. The van der Waals surface area contributed by atoms with Crippen molar-refractivity contribution in [1.29, 1.82) is 0 Å². The third-order valence-electron chi connectivity index (χ3n) is 3.44. The number of benzene rings is 2. The van der Waals surface area contributed by atoms with Crippen LogP contribution in [0.1, 0.15) is 31.0 Å². The largest absolute Gasteiger partial charge is 0.367 e. The van der Waals surface area contributed by atoms with Gasteiger partial charge in [-0.05, 0) is 37.1 Å². The van der Waals surface area contributed by atoms with Crippen LogP contribution < -0.4 is 10.6 Å². The van der Waals surface area contributed by atoms with Crippen molar-refractivity contribution in [2.45, 2.75) is 26.4 Å². The zero-order valence-corrected chi connectivity index (χ0v) is 13.6. The van der Waals surface area contributed by atoms with Crippen LogP contribution in [0.15, 0.2) is 53.0 Å². The van der Waals surface area contributed by atoms with Crippen LogP contribution in [0.2, 0.25) is 0 Å². The van der Waals surface area contributed by atoms with Crippen molar-refractivity contribution >= 4 is 21.6 Å². The van der Waals surface area contributed by atoms with Crippen molar-refractivity contribution in [3.63, 3.8) is 0 Å². The summed E-state index contributed by atoms with van der Waals surface area (Å²) in [6.07, 6.45) is 0. The minimum absolute atomic E-state index is 0.0441. The zero-order chi connectivity index (χ0) is 14.5. The molecule has 0 bridgehead atoms. The fourth-order valence-electron chi connectivity index (χ4n) is 2.27. The van der Waals surface area contributed by atoms with Crippen LogP contribution in [0.25, 0.3) is 0 Å². The summed E-state index contributed by atoms with van der Waals surface area (Å²) in [6, 6.07) is 17.0. The van der Waals surface area contributed by atoms with Gasteiger partial charge in [-0.15, -0.1) is 0 Å². The normalized spacial score (nSPS) is 12.2. The topological polar surface area (TPSA) is 29.3 Å². The molecule has 0 amide bonds. The quantitative estimate of drug-likeness (QED) is 0.873. The summed E-state index contributed by atoms with van der Waals surface area (Å²) in [5, 5.41) is 0. The summed E-state index contributed by atoms with van der Waals surface area (Å²) in [6.45, 7) is 6.07. The molecule has 0 aliphatic rings. The van der Waals surface area contributed by atoms with Crippen molar-refractivity contribution in [3.8, 4) is 0 Å². The molecule has 1 atom stereocenters. The Labute approximate surface area is 129 Å². The Morgan fingerprint density at radius 2 is 1.85 bits per heavy atom. The molecule has 0 saturated carbocycles. The van der Waals surface area contributed by atoms with Gasteiger partial charge in [0, 0.05) is 29.3 Å². The van der Waals surface area contributed by atoms with Gasteiger partial charge in [-0.3, -0.25) is 0 Å². The molecule has 2 N–H and O–H groups in total. The first kappa shape index (κ1) is 15.1. The lowest BCUT2D eigenvalue weighted by Crippen LogP contribution is -2.22. The Bertz CT molecular complexity index is 552. The number of hydrogen-bond donors (Lipinski definition) is 1. The molecule has 0 heterocycles. The molecule has 0 aliphatic heterocycles. The van der Waals surface area contributed by atoms with Gasteiger partial charge >= 0.3 is 0 Å². The number of hydrogen-bond acceptors (Lipinski definition) is 2. The molecule has 0 unspecified atom stereocenters. The highest BCUT2D eigenvalue weighted by Crippen LogP contribution is 2.28. The summed E-state index contributed by atoms with van der Waals surface area (Å²) in [5.74, 6) is 0. The maximum atomic E-state index is 5.95. The van der Waals surface area contributed by atoms with Gasteiger partial charge in [0.15, 0.2) is 0 Å². The number of nitrogens with zero attached hydrogens (tertiary/aromatic N) is 1. The van der Waals surface area contributed by atoms with E-state index < -0.39 is 0 Å². The first-order valence-electron chi connectivity index (χ1n) is 6.95. The molecule has 3 heteroatoms. The fraction of sp³-hybridized carbons (Fsp3) is 0.294. The SMILES string of the molecule is CCN(Cc1ccccc1)c1ccc([C@H](C)N)c(Br)c1. The lowest BCUT2D eigenvalue weighted by atomic mass is 10.1. The Balaban J connectivity index is 2.22. The van der Waals surface area contributed by atoms with Crippen LogP contribution in [-0.4, -0.2) is 6.54 Å². The number of halogens is 1. The van der Waals surface area contributed by atoms with Gasteiger partial charge in [0.25, 0.3) is 0 Å². The van der Waals surface area contributed by atoms with Gasteiger partial charge < -0.3 is 10.6 Å². The lowest BCUT2D eigenvalue weighted by molar-refractivity contribution is 0.805. The number of anilines is 1. The molecule has 0 spiro atoms. The summed E-state index contributed by atoms with van der Waals surface area (Å²) >= 11 is 3.62. The molecular weight excluding hydrogens is 312 g/mol. The van der Waals surface area contributed by atoms with E-state index in [4.69, 9.17) is 5.73 Å². The predicted molar refractivity (Wildman–Crippen MR) is 89.9 cm³/mol. The monoisotopic (exact) mass is 332 g/mol. The minimum Gasteiger partial charge on any atom is -0.367 e. The first-order valence-corrected chi connectivity index (χ1v) is 7.75. The molecule has 2 nitrogen and oxygen atoms in total. The Morgan fingerprint density at radius 1 is 1.15 bits per heavy atom. The molecule has 2 rings (SSSR count). The minimum atomic E-state index is 0.0441. The highest BCUT2D eigenvalue weighted by atomic mass is 79.9. The molecule has 106 valence electrons. The second-order valence-electron chi connectivity index (χ2n) is 4.99. The fourth-order valence-corrected chi connectivity index (χ4v) is 3.00. The van der Waals surface area contributed by atoms with Crippen molar-refractivity contribution in [3.05, 3.63) is 64.1 Å². The van der Waals surface area contributed by atoms with E-state index in [0.29, 0.717) is 0 Å². The lowest BCUT2D eigenvalue weighted by Gasteiger charge is -2.24. The number of nitrogens with two attached hydrogens (primary N) is 1. The molecule has 0 aromatic heterocycles. The van der Waals surface area contributed by atoms with Crippen molar-refractivity contribution < 1.29 is 0 Å². The first-order chi connectivity index (χ1) is 9.61. The molecule has 20 heavy (non-hydrogen) atoms. The average molecular weight is 333 g/mol.